The minimum Gasteiger partial charge on any atom is -0.374 e. The van der Waals surface area contributed by atoms with E-state index in [0.717, 1.165) is 32.0 Å². The van der Waals surface area contributed by atoms with E-state index < -0.39 is 11.7 Å². The molecular weight excluding hydrogens is 267 g/mol. The van der Waals surface area contributed by atoms with Crippen LogP contribution in [0.15, 0.2) is 24.3 Å². The summed E-state index contributed by atoms with van der Waals surface area (Å²) in [5.74, 6) is 1.36. The third-order valence-corrected chi connectivity index (χ3v) is 4.35. The summed E-state index contributed by atoms with van der Waals surface area (Å²) in [6.45, 7) is 2.36. The summed E-state index contributed by atoms with van der Waals surface area (Å²) in [6, 6.07) is 5.40. The Hall–Kier alpha value is -1.07. The Morgan fingerprint density at radius 1 is 1.15 bits per heavy atom. The van der Waals surface area contributed by atoms with Gasteiger partial charge in [0.2, 0.25) is 0 Å². The number of alkyl halides is 3. The van der Waals surface area contributed by atoms with Crippen LogP contribution in [0.25, 0.3) is 0 Å². The van der Waals surface area contributed by atoms with Gasteiger partial charge in [0.1, 0.15) is 0 Å². The number of halogens is 3. The largest absolute Gasteiger partial charge is 0.416 e. The van der Waals surface area contributed by atoms with Gasteiger partial charge in [-0.3, -0.25) is 0 Å². The molecule has 0 bridgehead atoms. The summed E-state index contributed by atoms with van der Waals surface area (Å²) in [6.07, 6.45) is -2.04. The Balaban J connectivity index is 1.56. The second-order valence-electron chi connectivity index (χ2n) is 5.78. The molecule has 2 atom stereocenters. The highest BCUT2D eigenvalue weighted by Crippen LogP contribution is 2.36. The fourth-order valence-electron chi connectivity index (χ4n) is 3.30. The van der Waals surface area contributed by atoms with Crippen molar-refractivity contribution in [3.8, 4) is 0 Å². The second kappa shape index (κ2) is 5.37. The molecule has 1 aromatic carbocycles. The van der Waals surface area contributed by atoms with Crippen LogP contribution in [0.3, 0.4) is 0 Å². The van der Waals surface area contributed by atoms with Crippen LogP contribution in [0, 0.1) is 11.8 Å². The maximum absolute atomic E-state index is 12.6. The van der Waals surface area contributed by atoms with E-state index in [0.29, 0.717) is 17.4 Å². The molecule has 2 fully saturated rings. The molecule has 2 unspecified atom stereocenters. The highest BCUT2D eigenvalue weighted by atomic mass is 19.4. The zero-order valence-electron chi connectivity index (χ0n) is 11.1. The molecule has 1 N–H and O–H groups in total. The van der Waals surface area contributed by atoms with Crippen molar-refractivity contribution < 1.29 is 17.9 Å². The smallest absolute Gasteiger partial charge is 0.374 e. The molecule has 0 spiro atoms. The van der Waals surface area contributed by atoms with Crippen molar-refractivity contribution in [2.45, 2.75) is 31.7 Å². The lowest BCUT2D eigenvalue weighted by Crippen LogP contribution is -2.16. The molecule has 110 valence electrons. The van der Waals surface area contributed by atoms with Crippen LogP contribution in [0.5, 0.6) is 0 Å². The van der Waals surface area contributed by atoms with Crippen molar-refractivity contribution in [3.05, 3.63) is 35.4 Å². The van der Waals surface area contributed by atoms with Gasteiger partial charge in [0.15, 0.2) is 0 Å². The van der Waals surface area contributed by atoms with Crippen molar-refractivity contribution in [2.24, 2.45) is 11.8 Å². The normalized spacial score (nSPS) is 29.6. The highest BCUT2D eigenvalue weighted by Gasteiger charge is 2.37. The molecule has 0 radical (unpaired) electrons. The zero-order chi connectivity index (χ0) is 14.2. The van der Waals surface area contributed by atoms with Gasteiger partial charge in [0.25, 0.3) is 0 Å². The van der Waals surface area contributed by atoms with Gasteiger partial charge < -0.3 is 10.1 Å². The molecule has 1 saturated carbocycles. The summed E-state index contributed by atoms with van der Waals surface area (Å²) < 4.78 is 43.6. The van der Waals surface area contributed by atoms with E-state index in [1.807, 2.05) is 0 Å². The fourth-order valence-corrected chi connectivity index (χ4v) is 3.30. The molecule has 0 amide bonds. The van der Waals surface area contributed by atoms with Crippen molar-refractivity contribution >= 4 is 0 Å². The lowest BCUT2D eigenvalue weighted by Gasteiger charge is -2.14. The number of hydrogen-bond donors (Lipinski definition) is 1. The predicted molar refractivity (Wildman–Crippen MR) is 69.1 cm³/mol. The Kier molecular flexibility index (Phi) is 3.73. The van der Waals surface area contributed by atoms with Crippen molar-refractivity contribution in [2.75, 3.05) is 13.1 Å². The van der Waals surface area contributed by atoms with E-state index in [-0.39, 0.29) is 12.7 Å². The van der Waals surface area contributed by atoms with E-state index in [1.54, 1.807) is 6.07 Å². The van der Waals surface area contributed by atoms with Crippen LogP contribution in [-0.4, -0.2) is 19.2 Å². The van der Waals surface area contributed by atoms with E-state index in [1.165, 1.54) is 12.1 Å². The molecule has 0 aromatic heterocycles. The predicted octanol–water partition coefficient (Wildman–Crippen LogP) is 3.22. The topological polar surface area (TPSA) is 21.3 Å². The molecule has 20 heavy (non-hydrogen) atoms. The van der Waals surface area contributed by atoms with Crippen LogP contribution >= 0.6 is 0 Å². The van der Waals surface area contributed by atoms with Crippen LogP contribution < -0.4 is 5.32 Å². The summed E-state index contributed by atoms with van der Waals surface area (Å²) in [4.78, 5) is 0. The Bertz CT molecular complexity index is 462. The van der Waals surface area contributed by atoms with Crippen LogP contribution in [0.4, 0.5) is 13.2 Å². The average Bonchev–Trinajstić information content (AvgIpc) is 2.96. The quantitative estimate of drug-likeness (QED) is 0.920. The van der Waals surface area contributed by atoms with E-state index >= 15 is 0 Å². The maximum atomic E-state index is 12.6. The van der Waals surface area contributed by atoms with Gasteiger partial charge in [-0.05, 0) is 55.5 Å². The monoisotopic (exact) mass is 285 g/mol. The highest BCUT2D eigenvalue weighted by molar-refractivity contribution is 5.25. The molecule has 1 aromatic rings. The van der Waals surface area contributed by atoms with Crippen LogP contribution in [0.2, 0.25) is 0 Å². The number of ether oxygens (including phenoxy) is 1. The molecule has 2 aliphatic rings. The zero-order valence-corrected chi connectivity index (χ0v) is 11.1. The molecule has 1 heterocycles. The summed E-state index contributed by atoms with van der Waals surface area (Å²) in [7, 11) is 0. The van der Waals surface area contributed by atoms with Gasteiger partial charge >= 0.3 is 6.18 Å². The average molecular weight is 285 g/mol. The van der Waals surface area contributed by atoms with Crippen LogP contribution in [-0.2, 0) is 17.5 Å². The van der Waals surface area contributed by atoms with Gasteiger partial charge in [0.05, 0.1) is 18.3 Å². The molecule has 5 heteroatoms. The Morgan fingerprint density at radius 3 is 2.50 bits per heavy atom. The molecule has 1 aliphatic heterocycles. The van der Waals surface area contributed by atoms with E-state index in [9.17, 15) is 13.2 Å². The third-order valence-electron chi connectivity index (χ3n) is 4.35. The maximum Gasteiger partial charge on any atom is 0.416 e. The van der Waals surface area contributed by atoms with Crippen molar-refractivity contribution in [1.29, 1.82) is 0 Å². The van der Waals surface area contributed by atoms with Gasteiger partial charge in [-0.2, -0.15) is 13.2 Å². The first-order chi connectivity index (χ1) is 9.52. The molecule has 1 aliphatic carbocycles. The lowest BCUT2D eigenvalue weighted by atomic mass is 10.0. The standard InChI is InChI=1S/C15H18F3NO/c16-15(17,18)13-3-1-2-10(4-13)9-20-14-5-11-7-19-8-12(11)6-14/h1-4,11-12,14,19H,5-9H2. The Labute approximate surface area is 116 Å². The van der Waals surface area contributed by atoms with Gasteiger partial charge in [-0.25, -0.2) is 0 Å². The fraction of sp³-hybridized carbons (Fsp3) is 0.600. The second-order valence-corrected chi connectivity index (χ2v) is 5.78. The lowest BCUT2D eigenvalue weighted by molar-refractivity contribution is -0.137. The van der Waals surface area contributed by atoms with Gasteiger partial charge in [-0.15, -0.1) is 0 Å². The molecular formula is C15H18F3NO. The summed E-state index contributed by atoms with van der Waals surface area (Å²) in [5, 5.41) is 3.36. The third kappa shape index (κ3) is 2.99. The number of rotatable bonds is 3. The molecule has 3 rings (SSSR count). The molecule has 2 nitrogen and oxygen atoms in total. The Morgan fingerprint density at radius 2 is 1.85 bits per heavy atom. The number of nitrogens with one attached hydrogen (secondary N) is 1. The minimum atomic E-state index is -4.29. The summed E-state index contributed by atoms with van der Waals surface area (Å²) in [5.41, 5.74) is -0.0129. The number of benzene rings is 1. The number of hydrogen-bond acceptors (Lipinski definition) is 2. The first kappa shape index (κ1) is 13.9. The number of fused-ring (bicyclic) bond motifs is 1. The van der Waals surface area contributed by atoms with Crippen molar-refractivity contribution in [3.63, 3.8) is 0 Å². The SMILES string of the molecule is FC(F)(F)c1cccc(COC2CC3CNCC3C2)c1. The van der Waals surface area contributed by atoms with Gasteiger partial charge in [0, 0.05) is 0 Å². The van der Waals surface area contributed by atoms with E-state index in [4.69, 9.17) is 4.74 Å². The first-order valence-corrected chi connectivity index (χ1v) is 7.01. The van der Waals surface area contributed by atoms with Crippen LogP contribution in [0.1, 0.15) is 24.0 Å². The molecule has 1 saturated heterocycles. The summed E-state index contributed by atoms with van der Waals surface area (Å²) >= 11 is 0. The van der Waals surface area contributed by atoms with Crippen molar-refractivity contribution in [1.82, 2.24) is 5.32 Å². The van der Waals surface area contributed by atoms with E-state index in [2.05, 4.69) is 5.32 Å². The first-order valence-electron chi connectivity index (χ1n) is 7.01. The minimum absolute atomic E-state index is 0.196. The van der Waals surface area contributed by atoms with Gasteiger partial charge in [-0.1, -0.05) is 12.1 Å².